The Morgan fingerprint density at radius 3 is 2.75 bits per heavy atom. The van der Waals surface area contributed by atoms with Crippen LogP contribution in [0.25, 0.3) is 0 Å². The molecule has 1 amide bonds. The number of amides is 1. The van der Waals surface area contributed by atoms with Gasteiger partial charge in [-0.15, -0.1) is 0 Å². The lowest BCUT2D eigenvalue weighted by atomic mass is 10.1. The molecule has 0 aliphatic carbocycles. The number of nitrogens with zero attached hydrogens (tertiary/aromatic N) is 4. The quantitative estimate of drug-likeness (QED) is 0.734. The summed E-state index contributed by atoms with van der Waals surface area (Å²) < 4.78 is 12.8. The van der Waals surface area contributed by atoms with Crippen molar-refractivity contribution in [2.75, 3.05) is 26.4 Å². The topological polar surface area (TPSA) is 59.8 Å². The molecule has 0 bridgehead atoms. The van der Waals surface area contributed by atoms with Gasteiger partial charge >= 0.3 is 0 Å². The van der Waals surface area contributed by atoms with Crippen LogP contribution in [0.2, 0.25) is 0 Å². The van der Waals surface area contributed by atoms with Crippen molar-refractivity contribution >= 4 is 5.91 Å². The van der Waals surface area contributed by atoms with Crippen molar-refractivity contribution < 1.29 is 14.3 Å². The highest BCUT2D eigenvalue weighted by atomic mass is 16.7. The second-order valence-electron chi connectivity index (χ2n) is 7.54. The Morgan fingerprint density at radius 1 is 1.14 bits per heavy atom. The number of piperidine rings is 1. The minimum atomic E-state index is 0.159. The highest BCUT2D eigenvalue weighted by Crippen LogP contribution is 2.33. The van der Waals surface area contributed by atoms with Crippen molar-refractivity contribution in [3.8, 4) is 11.5 Å². The molecule has 0 spiro atoms. The molecule has 3 heterocycles. The van der Waals surface area contributed by atoms with E-state index in [9.17, 15) is 4.79 Å². The summed E-state index contributed by atoms with van der Waals surface area (Å²) in [6, 6.07) is 5.87. The minimum absolute atomic E-state index is 0.159. The number of rotatable bonds is 7. The molecular formula is C21H28N4O3. The minimum Gasteiger partial charge on any atom is -0.454 e. The number of aryl methyl sites for hydroxylation is 1. The first-order valence-electron chi connectivity index (χ1n) is 10.0. The van der Waals surface area contributed by atoms with Gasteiger partial charge in [0.1, 0.15) is 5.82 Å². The molecule has 1 saturated heterocycles. The summed E-state index contributed by atoms with van der Waals surface area (Å²) in [6.45, 7) is 4.32. The van der Waals surface area contributed by atoms with E-state index in [2.05, 4.69) is 9.88 Å². The number of imidazole rings is 1. The number of hydrogen-bond acceptors (Lipinski definition) is 5. The van der Waals surface area contributed by atoms with Crippen molar-refractivity contribution in [3.63, 3.8) is 0 Å². The van der Waals surface area contributed by atoms with Gasteiger partial charge in [0.15, 0.2) is 11.5 Å². The van der Waals surface area contributed by atoms with E-state index < -0.39 is 0 Å². The molecule has 0 atom stereocenters. The number of aromatic nitrogens is 2. The second kappa shape index (κ2) is 8.65. The SMILES string of the molecule is Cn1ccnc1CN(Cc1ccc2c(c1)OCO2)C(=O)CCN1CCCCC1. The molecule has 2 aromatic rings. The van der Waals surface area contributed by atoms with Gasteiger partial charge in [-0.1, -0.05) is 12.5 Å². The molecule has 0 saturated carbocycles. The van der Waals surface area contributed by atoms with Crippen LogP contribution < -0.4 is 9.47 Å². The van der Waals surface area contributed by atoms with E-state index in [-0.39, 0.29) is 12.7 Å². The van der Waals surface area contributed by atoms with Crippen LogP contribution in [0.3, 0.4) is 0 Å². The summed E-state index contributed by atoms with van der Waals surface area (Å²) in [5.41, 5.74) is 1.03. The molecule has 2 aliphatic rings. The Kier molecular flexibility index (Phi) is 5.81. The average molecular weight is 384 g/mol. The van der Waals surface area contributed by atoms with Crippen LogP contribution >= 0.6 is 0 Å². The smallest absolute Gasteiger partial charge is 0.231 e. The fourth-order valence-corrected chi connectivity index (χ4v) is 3.81. The molecule has 1 aromatic carbocycles. The van der Waals surface area contributed by atoms with Crippen LogP contribution in [0.15, 0.2) is 30.6 Å². The van der Waals surface area contributed by atoms with Crippen LogP contribution in [0.5, 0.6) is 11.5 Å². The first-order valence-corrected chi connectivity index (χ1v) is 10.0. The molecule has 0 N–H and O–H groups in total. The third-order valence-corrected chi connectivity index (χ3v) is 5.51. The largest absolute Gasteiger partial charge is 0.454 e. The van der Waals surface area contributed by atoms with E-state index in [0.717, 1.165) is 42.5 Å². The maximum Gasteiger partial charge on any atom is 0.231 e. The highest BCUT2D eigenvalue weighted by molar-refractivity contribution is 5.76. The number of ether oxygens (including phenoxy) is 2. The molecule has 28 heavy (non-hydrogen) atoms. The van der Waals surface area contributed by atoms with Gasteiger partial charge in [0.25, 0.3) is 0 Å². The van der Waals surface area contributed by atoms with E-state index in [1.807, 2.05) is 40.9 Å². The lowest BCUT2D eigenvalue weighted by molar-refractivity contribution is -0.133. The van der Waals surface area contributed by atoms with E-state index >= 15 is 0 Å². The maximum absolute atomic E-state index is 13.1. The molecule has 7 nitrogen and oxygen atoms in total. The van der Waals surface area contributed by atoms with Crippen LogP contribution in [-0.4, -0.2) is 51.7 Å². The molecule has 1 fully saturated rings. The number of benzene rings is 1. The van der Waals surface area contributed by atoms with Gasteiger partial charge < -0.3 is 23.8 Å². The van der Waals surface area contributed by atoms with Crippen LogP contribution in [-0.2, 0) is 24.9 Å². The summed E-state index contributed by atoms with van der Waals surface area (Å²) in [4.78, 5) is 21.8. The maximum atomic E-state index is 13.1. The lowest BCUT2D eigenvalue weighted by Gasteiger charge is -2.28. The summed E-state index contributed by atoms with van der Waals surface area (Å²) in [6.07, 6.45) is 8.00. The molecule has 2 aliphatic heterocycles. The zero-order chi connectivity index (χ0) is 19.3. The Morgan fingerprint density at radius 2 is 1.96 bits per heavy atom. The van der Waals surface area contributed by atoms with Gasteiger partial charge in [-0.3, -0.25) is 4.79 Å². The molecule has 4 rings (SSSR count). The van der Waals surface area contributed by atoms with Gasteiger partial charge in [-0.25, -0.2) is 4.98 Å². The summed E-state index contributed by atoms with van der Waals surface area (Å²) in [5, 5.41) is 0. The van der Waals surface area contributed by atoms with E-state index in [1.165, 1.54) is 19.3 Å². The number of likely N-dealkylation sites (tertiary alicyclic amines) is 1. The van der Waals surface area contributed by atoms with Gasteiger partial charge in [-0.05, 0) is 43.6 Å². The van der Waals surface area contributed by atoms with Gasteiger partial charge in [0.2, 0.25) is 12.7 Å². The van der Waals surface area contributed by atoms with Crippen LogP contribution in [0.4, 0.5) is 0 Å². The molecule has 1 aromatic heterocycles. The monoisotopic (exact) mass is 384 g/mol. The Bertz CT molecular complexity index is 814. The Hall–Kier alpha value is -2.54. The normalized spacial score (nSPS) is 16.3. The van der Waals surface area contributed by atoms with E-state index in [1.54, 1.807) is 6.20 Å². The van der Waals surface area contributed by atoms with Crippen LogP contribution in [0, 0.1) is 0 Å². The zero-order valence-corrected chi connectivity index (χ0v) is 16.5. The summed E-state index contributed by atoms with van der Waals surface area (Å²) >= 11 is 0. The number of hydrogen-bond donors (Lipinski definition) is 0. The predicted octanol–water partition coefficient (Wildman–Crippen LogP) is 2.55. The van der Waals surface area contributed by atoms with Crippen LogP contribution in [0.1, 0.15) is 37.1 Å². The van der Waals surface area contributed by atoms with Crippen molar-refractivity contribution in [2.45, 2.75) is 38.8 Å². The van der Waals surface area contributed by atoms with Gasteiger partial charge in [-0.2, -0.15) is 0 Å². The zero-order valence-electron chi connectivity index (χ0n) is 16.5. The summed E-state index contributed by atoms with van der Waals surface area (Å²) in [7, 11) is 1.96. The van der Waals surface area contributed by atoms with Gasteiger partial charge in [0, 0.05) is 39.0 Å². The fourth-order valence-electron chi connectivity index (χ4n) is 3.81. The molecule has 7 heteroatoms. The standard InChI is InChI=1S/C21H28N4O3/c1-23-12-8-22-20(23)15-25(21(26)7-11-24-9-3-2-4-10-24)14-17-5-6-18-19(13-17)28-16-27-18/h5-6,8,12-13H,2-4,7,9-11,14-16H2,1H3. The number of carbonyl (C=O) groups is 1. The predicted molar refractivity (Wildman–Crippen MR) is 105 cm³/mol. The van der Waals surface area contributed by atoms with E-state index in [4.69, 9.17) is 9.47 Å². The van der Waals surface area contributed by atoms with Crippen molar-refractivity contribution in [1.29, 1.82) is 0 Å². The fraction of sp³-hybridized carbons (Fsp3) is 0.524. The molecule has 150 valence electrons. The highest BCUT2D eigenvalue weighted by Gasteiger charge is 2.20. The molecule has 0 unspecified atom stereocenters. The van der Waals surface area contributed by atoms with Crippen molar-refractivity contribution in [3.05, 3.63) is 42.0 Å². The summed E-state index contributed by atoms with van der Waals surface area (Å²) in [5.74, 6) is 2.55. The first kappa shape index (κ1) is 18.8. The number of carbonyl (C=O) groups excluding carboxylic acids is 1. The van der Waals surface area contributed by atoms with Gasteiger partial charge in [0.05, 0.1) is 6.54 Å². The Balaban J connectivity index is 1.44. The lowest BCUT2D eigenvalue weighted by Crippen LogP contribution is -2.36. The van der Waals surface area contributed by atoms with Crippen molar-refractivity contribution in [1.82, 2.24) is 19.4 Å². The molecule has 0 radical (unpaired) electrons. The Labute approximate surface area is 165 Å². The third kappa shape index (κ3) is 4.47. The van der Waals surface area contributed by atoms with E-state index in [0.29, 0.717) is 19.5 Å². The molecular weight excluding hydrogens is 356 g/mol. The second-order valence-corrected chi connectivity index (χ2v) is 7.54. The average Bonchev–Trinajstić information content (AvgIpc) is 3.35. The first-order chi connectivity index (χ1) is 13.7. The number of fused-ring (bicyclic) bond motifs is 1. The van der Waals surface area contributed by atoms with Crippen molar-refractivity contribution in [2.24, 2.45) is 7.05 Å². The third-order valence-electron chi connectivity index (χ3n) is 5.51.